The number of aromatic nitrogens is 2. The van der Waals surface area contributed by atoms with E-state index < -0.39 is 0 Å². The second-order valence-corrected chi connectivity index (χ2v) is 4.41. The predicted molar refractivity (Wildman–Crippen MR) is 74.0 cm³/mol. The molecule has 0 saturated heterocycles. The van der Waals surface area contributed by atoms with E-state index in [9.17, 15) is 0 Å². The smallest absolute Gasteiger partial charge is 0.0992 e. The number of hydrogen-bond donors (Lipinski definition) is 0. The second-order valence-electron chi connectivity index (χ2n) is 4.00. The van der Waals surface area contributed by atoms with Gasteiger partial charge in [-0.15, -0.1) is 0 Å². The van der Waals surface area contributed by atoms with Crippen molar-refractivity contribution in [1.82, 2.24) is 9.55 Å². The third-order valence-electron chi connectivity index (χ3n) is 2.84. The van der Waals surface area contributed by atoms with Crippen LogP contribution in [0.1, 0.15) is 0 Å². The first-order chi connectivity index (χ1) is 8.84. The minimum atomic E-state index is 0.717. The molecule has 3 heteroatoms. The van der Waals surface area contributed by atoms with Crippen molar-refractivity contribution in [2.45, 2.75) is 0 Å². The molecule has 3 aromatic rings. The highest BCUT2D eigenvalue weighted by molar-refractivity contribution is 6.32. The van der Waals surface area contributed by atoms with Gasteiger partial charge in [-0.3, -0.25) is 0 Å². The first-order valence-corrected chi connectivity index (χ1v) is 6.06. The van der Waals surface area contributed by atoms with Crippen LogP contribution in [0.2, 0.25) is 5.02 Å². The molecule has 0 radical (unpaired) electrons. The maximum absolute atomic E-state index is 6.32. The Balaban J connectivity index is 2.05. The fourth-order valence-electron chi connectivity index (χ4n) is 1.93. The Morgan fingerprint density at radius 3 is 2.44 bits per heavy atom. The van der Waals surface area contributed by atoms with Crippen molar-refractivity contribution in [1.29, 1.82) is 0 Å². The summed E-state index contributed by atoms with van der Waals surface area (Å²) in [5.74, 6) is 0. The van der Waals surface area contributed by atoms with E-state index in [1.165, 1.54) is 0 Å². The number of hydrogen-bond acceptors (Lipinski definition) is 1. The molecule has 0 unspecified atom stereocenters. The van der Waals surface area contributed by atoms with Crippen LogP contribution >= 0.6 is 11.6 Å². The summed E-state index contributed by atoms with van der Waals surface area (Å²) in [6.45, 7) is 0. The largest absolute Gasteiger partial charge is 0.305 e. The zero-order valence-electron chi connectivity index (χ0n) is 9.62. The molecule has 1 aromatic heterocycles. The predicted octanol–water partition coefficient (Wildman–Crippen LogP) is 4.19. The average molecular weight is 255 g/mol. The maximum atomic E-state index is 6.32. The van der Waals surface area contributed by atoms with Gasteiger partial charge in [0.15, 0.2) is 0 Å². The van der Waals surface area contributed by atoms with Crippen molar-refractivity contribution in [2.75, 3.05) is 0 Å². The molecular weight excluding hydrogens is 244 g/mol. The van der Waals surface area contributed by atoms with E-state index in [2.05, 4.69) is 23.2 Å². The van der Waals surface area contributed by atoms with Gasteiger partial charge in [-0.2, -0.15) is 0 Å². The lowest BCUT2D eigenvalue weighted by molar-refractivity contribution is 1.06. The summed E-state index contributed by atoms with van der Waals surface area (Å²) < 4.78 is 1.90. The van der Waals surface area contributed by atoms with Crippen LogP contribution < -0.4 is 0 Å². The molecule has 0 N–H and O–H groups in total. The highest BCUT2D eigenvalue weighted by Crippen LogP contribution is 2.27. The third kappa shape index (κ3) is 2.03. The highest BCUT2D eigenvalue weighted by atomic mass is 35.5. The van der Waals surface area contributed by atoms with E-state index in [4.69, 9.17) is 11.6 Å². The van der Waals surface area contributed by atoms with E-state index in [1.807, 2.05) is 41.1 Å². The van der Waals surface area contributed by atoms with Gasteiger partial charge < -0.3 is 4.57 Å². The topological polar surface area (TPSA) is 17.8 Å². The lowest BCUT2D eigenvalue weighted by Crippen LogP contribution is -1.91. The van der Waals surface area contributed by atoms with Gasteiger partial charge in [0.25, 0.3) is 0 Å². The zero-order chi connectivity index (χ0) is 12.4. The van der Waals surface area contributed by atoms with Gasteiger partial charge in [0.05, 0.1) is 17.0 Å². The van der Waals surface area contributed by atoms with E-state index >= 15 is 0 Å². The van der Waals surface area contributed by atoms with Crippen LogP contribution in [0.5, 0.6) is 0 Å². The summed E-state index contributed by atoms with van der Waals surface area (Å²) in [6, 6.07) is 16.2. The summed E-state index contributed by atoms with van der Waals surface area (Å²) in [7, 11) is 0. The molecule has 0 amide bonds. The van der Waals surface area contributed by atoms with Gasteiger partial charge in [-0.05, 0) is 23.3 Å². The van der Waals surface area contributed by atoms with Gasteiger partial charge in [0, 0.05) is 12.4 Å². The number of benzene rings is 2. The Bertz CT molecular complexity index is 646. The minimum Gasteiger partial charge on any atom is -0.305 e. The Labute approximate surface area is 110 Å². The first-order valence-electron chi connectivity index (χ1n) is 5.68. The molecule has 0 aliphatic rings. The molecule has 88 valence electrons. The summed E-state index contributed by atoms with van der Waals surface area (Å²) in [5, 5.41) is 0.717. The fraction of sp³-hybridized carbons (Fsp3) is 0. The number of rotatable bonds is 2. The Morgan fingerprint density at radius 1 is 0.944 bits per heavy atom. The van der Waals surface area contributed by atoms with E-state index in [0.717, 1.165) is 16.8 Å². The van der Waals surface area contributed by atoms with E-state index in [0.29, 0.717) is 5.02 Å². The van der Waals surface area contributed by atoms with Crippen molar-refractivity contribution in [3.05, 3.63) is 72.3 Å². The molecular formula is C15H11ClN2. The van der Waals surface area contributed by atoms with Crippen LogP contribution in [0.4, 0.5) is 0 Å². The molecule has 2 nitrogen and oxygen atoms in total. The molecule has 0 aliphatic heterocycles. The van der Waals surface area contributed by atoms with Gasteiger partial charge in [0.1, 0.15) is 0 Å². The van der Waals surface area contributed by atoms with Gasteiger partial charge >= 0.3 is 0 Å². The van der Waals surface area contributed by atoms with Crippen LogP contribution in [-0.2, 0) is 0 Å². The molecule has 0 fully saturated rings. The molecule has 2 aromatic carbocycles. The molecule has 0 bridgehead atoms. The number of halogens is 1. The first kappa shape index (κ1) is 11.1. The summed E-state index contributed by atoms with van der Waals surface area (Å²) in [6.07, 6.45) is 5.36. The molecule has 3 rings (SSSR count). The van der Waals surface area contributed by atoms with Gasteiger partial charge in [-0.25, -0.2) is 4.98 Å². The van der Waals surface area contributed by atoms with Crippen LogP contribution in [0.3, 0.4) is 0 Å². The van der Waals surface area contributed by atoms with E-state index in [-0.39, 0.29) is 0 Å². The molecule has 0 saturated carbocycles. The monoisotopic (exact) mass is 254 g/mol. The summed E-state index contributed by atoms with van der Waals surface area (Å²) >= 11 is 6.32. The second kappa shape index (κ2) is 4.67. The van der Waals surface area contributed by atoms with Gasteiger partial charge in [-0.1, -0.05) is 48.0 Å². The third-order valence-corrected chi connectivity index (χ3v) is 3.14. The van der Waals surface area contributed by atoms with Crippen LogP contribution in [0.15, 0.2) is 67.3 Å². The lowest BCUT2D eigenvalue weighted by Gasteiger charge is -2.08. The quantitative estimate of drug-likeness (QED) is 0.670. The Kier molecular flexibility index (Phi) is 2.87. The summed E-state index contributed by atoms with van der Waals surface area (Å²) in [4.78, 5) is 4.02. The molecule has 18 heavy (non-hydrogen) atoms. The van der Waals surface area contributed by atoms with Gasteiger partial charge in [0.2, 0.25) is 0 Å². The maximum Gasteiger partial charge on any atom is 0.0992 e. The summed E-state index contributed by atoms with van der Waals surface area (Å²) in [5.41, 5.74) is 3.22. The van der Waals surface area contributed by atoms with Crippen molar-refractivity contribution in [2.24, 2.45) is 0 Å². The molecule has 1 heterocycles. The van der Waals surface area contributed by atoms with Crippen LogP contribution in [0.25, 0.3) is 16.8 Å². The van der Waals surface area contributed by atoms with Crippen molar-refractivity contribution < 1.29 is 0 Å². The lowest BCUT2D eigenvalue weighted by atomic mass is 10.1. The molecule has 0 spiro atoms. The average Bonchev–Trinajstić information content (AvgIpc) is 2.93. The fourth-order valence-corrected chi connectivity index (χ4v) is 2.21. The standard InChI is InChI=1S/C15H11ClN2/c16-14-10-13(12-4-2-1-3-5-12)6-7-15(14)18-9-8-17-11-18/h1-11H. The van der Waals surface area contributed by atoms with Crippen molar-refractivity contribution in [3.63, 3.8) is 0 Å². The zero-order valence-corrected chi connectivity index (χ0v) is 10.4. The molecule has 0 aliphatic carbocycles. The number of nitrogens with zero attached hydrogens (tertiary/aromatic N) is 2. The highest BCUT2D eigenvalue weighted by Gasteiger charge is 2.04. The van der Waals surface area contributed by atoms with Crippen LogP contribution in [0, 0.1) is 0 Å². The Morgan fingerprint density at radius 2 is 1.78 bits per heavy atom. The minimum absolute atomic E-state index is 0.717. The molecule has 0 atom stereocenters. The van der Waals surface area contributed by atoms with Crippen molar-refractivity contribution >= 4 is 11.6 Å². The van der Waals surface area contributed by atoms with Crippen LogP contribution in [-0.4, -0.2) is 9.55 Å². The van der Waals surface area contributed by atoms with E-state index in [1.54, 1.807) is 12.5 Å². The Hall–Kier alpha value is -2.06. The van der Waals surface area contributed by atoms with Crippen molar-refractivity contribution in [3.8, 4) is 16.8 Å². The normalized spacial score (nSPS) is 10.5. The number of imidazole rings is 1. The SMILES string of the molecule is Clc1cc(-c2ccccc2)ccc1-n1ccnc1.